The fourth-order valence-electron chi connectivity index (χ4n) is 4.94. The number of rotatable bonds is 10. The van der Waals surface area contributed by atoms with E-state index >= 15 is 0 Å². The van der Waals surface area contributed by atoms with Crippen molar-refractivity contribution in [2.75, 3.05) is 6.54 Å². The summed E-state index contributed by atoms with van der Waals surface area (Å²) in [5.74, 6) is -0.947. The van der Waals surface area contributed by atoms with Gasteiger partial charge in [0.1, 0.15) is 0 Å². The molecule has 38 heavy (non-hydrogen) atoms. The summed E-state index contributed by atoms with van der Waals surface area (Å²) in [7, 11) is -3.90. The molecular weight excluding hydrogens is 524 g/mol. The van der Waals surface area contributed by atoms with Crippen molar-refractivity contribution in [1.29, 1.82) is 0 Å². The number of aliphatic hydroxyl groups excluding tert-OH is 2. The molecule has 202 valence electrons. The zero-order valence-electron chi connectivity index (χ0n) is 21.4. The molecule has 3 aromatic rings. The van der Waals surface area contributed by atoms with Gasteiger partial charge in [0.15, 0.2) is 0 Å². The Morgan fingerprint density at radius 2 is 1.74 bits per heavy atom. The molecule has 3 aromatic carbocycles. The minimum absolute atomic E-state index is 0.0341. The summed E-state index contributed by atoms with van der Waals surface area (Å²) < 4.78 is 28.4. The maximum atomic E-state index is 13.4. The zero-order chi connectivity index (χ0) is 27.4. The Morgan fingerprint density at radius 3 is 2.47 bits per heavy atom. The molecule has 0 saturated heterocycles. The molecule has 4 rings (SSSR count). The maximum Gasteiger partial charge on any atom is 0.240 e. The number of aliphatic hydroxyl groups is 2. The van der Waals surface area contributed by atoms with E-state index in [4.69, 9.17) is 11.6 Å². The summed E-state index contributed by atoms with van der Waals surface area (Å²) in [5, 5.41) is 24.9. The molecule has 7 nitrogen and oxygen atoms in total. The molecule has 0 aliphatic heterocycles. The topological polar surface area (TPSA) is 116 Å². The quantitative estimate of drug-likeness (QED) is 0.304. The number of aryl methyl sites for hydroxylation is 2. The molecule has 0 aromatic heterocycles. The van der Waals surface area contributed by atoms with E-state index in [1.807, 2.05) is 54.6 Å². The second kappa shape index (κ2) is 12.0. The lowest BCUT2D eigenvalue weighted by molar-refractivity contribution is -0.127. The third-order valence-electron chi connectivity index (χ3n) is 7.01. The summed E-state index contributed by atoms with van der Waals surface area (Å²) in [6, 6.07) is 19.6. The van der Waals surface area contributed by atoms with Crippen LogP contribution in [0.2, 0.25) is 5.02 Å². The minimum atomic E-state index is -3.90. The first-order chi connectivity index (χ1) is 18.0. The molecule has 0 unspecified atom stereocenters. The molecule has 1 aliphatic carbocycles. The Balaban J connectivity index is 1.47. The van der Waals surface area contributed by atoms with Gasteiger partial charge >= 0.3 is 0 Å². The van der Waals surface area contributed by atoms with Gasteiger partial charge in [-0.3, -0.25) is 4.79 Å². The van der Waals surface area contributed by atoms with Gasteiger partial charge in [-0.15, -0.1) is 0 Å². The largest absolute Gasteiger partial charge is 0.392 e. The molecular formula is C29H33ClN2O5S. The van der Waals surface area contributed by atoms with Crippen LogP contribution in [-0.4, -0.2) is 43.3 Å². The van der Waals surface area contributed by atoms with Crippen molar-refractivity contribution in [3.63, 3.8) is 0 Å². The predicted molar refractivity (Wildman–Crippen MR) is 147 cm³/mol. The number of nitrogens with one attached hydrogen (secondary N) is 2. The summed E-state index contributed by atoms with van der Waals surface area (Å²) in [6.07, 6.45) is -1.00. The van der Waals surface area contributed by atoms with Crippen LogP contribution in [0.25, 0.3) is 0 Å². The average Bonchev–Trinajstić information content (AvgIpc) is 3.20. The van der Waals surface area contributed by atoms with Crippen LogP contribution in [0.4, 0.5) is 0 Å². The average molecular weight is 557 g/mol. The van der Waals surface area contributed by atoms with Crippen LogP contribution in [0.1, 0.15) is 40.3 Å². The number of amides is 1. The Labute approximate surface area is 228 Å². The Bertz CT molecular complexity index is 1400. The Hall–Kier alpha value is -2.75. The molecule has 0 saturated carbocycles. The van der Waals surface area contributed by atoms with E-state index in [2.05, 4.69) is 10.0 Å². The van der Waals surface area contributed by atoms with E-state index in [0.29, 0.717) is 29.0 Å². The summed E-state index contributed by atoms with van der Waals surface area (Å²) >= 11 is 6.11. The van der Waals surface area contributed by atoms with Crippen LogP contribution in [0, 0.1) is 19.8 Å². The lowest BCUT2D eigenvalue weighted by Crippen LogP contribution is -2.41. The van der Waals surface area contributed by atoms with Gasteiger partial charge in [-0.1, -0.05) is 66.2 Å². The second-order valence-electron chi connectivity index (χ2n) is 9.95. The normalized spacial score (nSPS) is 18.6. The van der Waals surface area contributed by atoms with Gasteiger partial charge in [0.2, 0.25) is 15.9 Å². The zero-order valence-corrected chi connectivity index (χ0v) is 23.0. The highest BCUT2D eigenvalue weighted by Crippen LogP contribution is 2.32. The molecule has 4 atom stereocenters. The smallest absolute Gasteiger partial charge is 0.240 e. The fraction of sp³-hybridized carbons (Fsp3) is 0.345. The number of benzene rings is 3. The number of halogens is 1. The Morgan fingerprint density at radius 1 is 1.05 bits per heavy atom. The van der Waals surface area contributed by atoms with Crippen LogP contribution in [0.3, 0.4) is 0 Å². The van der Waals surface area contributed by atoms with Crippen molar-refractivity contribution in [2.45, 2.75) is 56.3 Å². The van der Waals surface area contributed by atoms with Gasteiger partial charge in [0, 0.05) is 23.9 Å². The highest BCUT2D eigenvalue weighted by molar-refractivity contribution is 7.89. The first-order valence-corrected chi connectivity index (χ1v) is 14.5. The molecule has 4 N–H and O–H groups in total. The summed E-state index contributed by atoms with van der Waals surface area (Å²) in [4.78, 5) is 13.5. The lowest BCUT2D eigenvalue weighted by atomic mass is 9.92. The van der Waals surface area contributed by atoms with Gasteiger partial charge in [-0.05, 0) is 66.6 Å². The van der Waals surface area contributed by atoms with E-state index in [1.54, 1.807) is 19.9 Å². The number of carbonyl (C=O) groups is 1. The van der Waals surface area contributed by atoms with Gasteiger partial charge in [0.05, 0.1) is 23.1 Å². The van der Waals surface area contributed by atoms with Gasteiger partial charge < -0.3 is 15.5 Å². The summed E-state index contributed by atoms with van der Waals surface area (Å²) in [5.41, 5.74) is 3.92. The first kappa shape index (κ1) is 28.3. The number of hydrogen-bond donors (Lipinski definition) is 4. The van der Waals surface area contributed by atoms with Crippen LogP contribution in [0.15, 0.2) is 71.6 Å². The van der Waals surface area contributed by atoms with Crippen molar-refractivity contribution in [2.24, 2.45) is 5.92 Å². The second-order valence-corrected chi connectivity index (χ2v) is 12.1. The molecule has 1 amide bonds. The maximum absolute atomic E-state index is 13.4. The van der Waals surface area contributed by atoms with Gasteiger partial charge in [-0.2, -0.15) is 0 Å². The molecule has 0 heterocycles. The van der Waals surface area contributed by atoms with E-state index in [1.165, 1.54) is 6.07 Å². The van der Waals surface area contributed by atoms with E-state index in [-0.39, 0.29) is 23.8 Å². The summed E-state index contributed by atoms with van der Waals surface area (Å²) in [6.45, 7) is 3.13. The van der Waals surface area contributed by atoms with Crippen LogP contribution >= 0.6 is 11.6 Å². The third-order valence-corrected chi connectivity index (χ3v) is 8.98. The highest BCUT2D eigenvalue weighted by Gasteiger charge is 2.34. The van der Waals surface area contributed by atoms with Crippen molar-refractivity contribution in [3.8, 4) is 0 Å². The van der Waals surface area contributed by atoms with Crippen molar-refractivity contribution in [3.05, 3.63) is 99.6 Å². The van der Waals surface area contributed by atoms with Crippen molar-refractivity contribution >= 4 is 27.5 Å². The molecule has 1 aliphatic rings. The van der Waals surface area contributed by atoms with E-state index in [9.17, 15) is 23.4 Å². The fourth-order valence-corrected chi connectivity index (χ4v) is 6.54. The van der Waals surface area contributed by atoms with Crippen LogP contribution in [-0.2, 0) is 27.7 Å². The predicted octanol–water partition coefficient (Wildman–Crippen LogP) is 3.62. The Kier molecular flexibility index (Phi) is 8.90. The molecule has 0 spiro atoms. The molecule has 0 fully saturated rings. The van der Waals surface area contributed by atoms with Crippen molar-refractivity contribution < 1.29 is 23.4 Å². The van der Waals surface area contributed by atoms with Crippen molar-refractivity contribution in [1.82, 2.24) is 10.0 Å². The van der Waals surface area contributed by atoms with Gasteiger partial charge in [-0.25, -0.2) is 13.1 Å². The minimum Gasteiger partial charge on any atom is -0.392 e. The monoisotopic (exact) mass is 556 g/mol. The number of fused-ring (bicyclic) bond motifs is 1. The number of hydrogen-bond acceptors (Lipinski definition) is 5. The first-order valence-electron chi connectivity index (χ1n) is 12.6. The molecule has 0 bridgehead atoms. The standard InChI is InChI=1S/C29H33ClN2O5S/c1-18-13-27(19(2)12-25(18)30)38(36,37)31-17-23(33)15-22(14-20-8-4-3-5-9-20)29(35)32-28-24-11-7-6-10-21(24)16-26(28)34/h3-13,22-23,26,28,31,33-34H,14-17H2,1-2H3,(H,32,35)/t22-,23+,26-,28+/m1/s1. The highest BCUT2D eigenvalue weighted by atomic mass is 35.5. The number of sulfonamides is 1. The van der Waals surface area contributed by atoms with E-state index < -0.39 is 34.2 Å². The van der Waals surface area contributed by atoms with Gasteiger partial charge in [0.25, 0.3) is 0 Å². The SMILES string of the molecule is Cc1cc(S(=O)(=O)NC[C@@H](O)C[C@@H](Cc2ccccc2)C(=O)N[C@H]2c3ccccc3C[C@H]2O)c(C)cc1Cl. The molecule has 0 radical (unpaired) electrons. The number of carbonyl (C=O) groups excluding carboxylic acids is 1. The van der Waals surface area contributed by atoms with E-state index in [0.717, 1.165) is 16.7 Å². The third kappa shape index (κ3) is 6.62. The lowest BCUT2D eigenvalue weighted by Gasteiger charge is -2.24. The molecule has 9 heteroatoms. The van der Waals surface area contributed by atoms with Crippen LogP contribution < -0.4 is 10.0 Å². The van der Waals surface area contributed by atoms with Crippen LogP contribution in [0.5, 0.6) is 0 Å².